The number of nitrogens with zero attached hydrogens (tertiary/aromatic N) is 6. The third kappa shape index (κ3) is 6.03. The molecule has 3 heterocycles. The number of rotatable bonds is 8. The van der Waals surface area contributed by atoms with Crippen molar-refractivity contribution in [3.8, 4) is 17.3 Å². The molecule has 1 aliphatic heterocycles. The molecule has 0 atom stereocenters. The average molecular weight is 581 g/mol. The molecule has 2 fully saturated rings. The number of likely N-dealkylation sites (tertiary alicyclic amines) is 1. The number of carbonyl (C=O) groups excluding carboxylic acids is 2. The summed E-state index contributed by atoms with van der Waals surface area (Å²) in [4.78, 5) is 35.1. The number of urea groups is 1. The maximum atomic E-state index is 12.5. The molecule has 15 heteroatoms. The molecule has 1 saturated heterocycles. The second kappa shape index (κ2) is 10.8. The zero-order chi connectivity index (χ0) is 30.1. The van der Waals surface area contributed by atoms with Crippen molar-refractivity contribution in [1.29, 1.82) is 5.26 Å². The van der Waals surface area contributed by atoms with E-state index in [0.717, 1.165) is 0 Å². The third-order valence-electron chi connectivity index (χ3n) is 7.10. The number of aromatic nitrogens is 3. The SMILES string of the molecule is N#CCC1(N=CC(=CN)c2cnn3c(-c4cccc(NC(=O)NCC(F)(F)F)c4)cnc3c2)CN(C(=O)C2(N)CC2)C1. The van der Waals surface area contributed by atoms with Crippen LogP contribution in [0.1, 0.15) is 24.8 Å². The van der Waals surface area contributed by atoms with Crippen molar-refractivity contribution in [2.75, 3.05) is 25.0 Å². The van der Waals surface area contributed by atoms with Gasteiger partial charge in [0.25, 0.3) is 0 Å². The first kappa shape index (κ1) is 28.6. The molecule has 0 spiro atoms. The number of nitrogens with two attached hydrogens (primary N) is 2. The number of hydrogen-bond acceptors (Lipinski definition) is 8. The summed E-state index contributed by atoms with van der Waals surface area (Å²) >= 11 is 0. The van der Waals surface area contributed by atoms with Gasteiger partial charge in [-0.2, -0.15) is 23.5 Å². The van der Waals surface area contributed by atoms with Gasteiger partial charge >= 0.3 is 12.2 Å². The lowest BCUT2D eigenvalue weighted by molar-refractivity contribution is -0.140. The van der Waals surface area contributed by atoms with Gasteiger partial charge in [-0.1, -0.05) is 12.1 Å². The van der Waals surface area contributed by atoms with E-state index < -0.39 is 29.8 Å². The number of halogens is 3. The van der Waals surface area contributed by atoms with Crippen LogP contribution in [0.4, 0.5) is 23.7 Å². The van der Waals surface area contributed by atoms with Crippen LogP contribution in [0.15, 0.2) is 53.9 Å². The number of anilines is 1. The molecule has 0 radical (unpaired) electrons. The van der Waals surface area contributed by atoms with Gasteiger partial charge in [0.15, 0.2) is 5.65 Å². The normalized spacial score (nSPS) is 17.5. The van der Waals surface area contributed by atoms with E-state index in [1.807, 2.05) is 0 Å². The number of imidazole rings is 1. The molecule has 1 aromatic carbocycles. The maximum absolute atomic E-state index is 12.5. The van der Waals surface area contributed by atoms with Crippen molar-refractivity contribution in [3.05, 3.63) is 54.5 Å². The zero-order valence-corrected chi connectivity index (χ0v) is 22.2. The monoisotopic (exact) mass is 580 g/mol. The Balaban J connectivity index is 1.30. The van der Waals surface area contributed by atoms with E-state index >= 15 is 0 Å². The van der Waals surface area contributed by atoms with Crippen molar-refractivity contribution in [1.82, 2.24) is 24.8 Å². The van der Waals surface area contributed by atoms with E-state index in [1.54, 1.807) is 63.7 Å². The van der Waals surface area contributed by atoms with Crippen LogP contribution in [0.5, 0.6) is 0 Å². The highest BCUT2D eigenvalue weighted by molar-refractivity contribution is 6.10. The third-order valence-corrected chi connectivity index (χ3v) is 7.10. The number of nitrogens with one attached hydrogen (secondary N) is 2. The minimum absolute atomic E-state index is 0.114. The number of benzene rings is 1. The van der Waals surface area contributed by atoms with Crippen LogP contribution in [-0.2, 0) is 4.79 Å². The molecule has 5 rings (SSSR count). The zero-order valence-electron chi connectivity index (χ0n) is 22.2. The van der Waals surface area contributed by atoms with Gasteiger partial charge < -0.3 is 27.0 Å². The van der Waals surface area contributed by atoms with Gasteiger partial charge in [-0.05, 0) is 31.0 Å². The average Bonchev–Trinajstić information content (AvgIpc) is 3.54. The van der Waals surface area contributed by atoms with Gasteiger partial charge in [-0.3, -0.25) is 9.79 Å². The predicted octanol–water partition coefficient (Wildman–Crippen LogP) is 2.44. The number of aliphatic imine (C=N–C) groups is 1. The standard InChI is InChI=1S/C27H27F3N10O2/c28-27(29,30)14-35-24(42)38-20-3-1-2-17(8-20)21-13-34-22-9-18(12-37-40(21)22)19(10-32)11-36-25(6-7-31)15-39(16-25)23(41)26(33)4-5-26/h1-3,8-13H,4-6,14-16,32-33H2,(H2,35,38,42). The second-order valence-corrected chi connectivity index (χ2v) is 10.4. The number of fused-ring (bicyclic) bond motifs is 1. The number of alkyl halides is 3. The Morgan fingerprint density at radius 1 is 1.21 bits per heavy atom. The summed E-state index contributed by atoms with van der Waals surface area (Å²) in [6, 6.07) is 9.40. The summed E-state index contributed by atoms with van der Waals surface area (Å²) < 4.78 is 38.7. The Kier molecular flexibility index (Phi) is 7.33. The van der Waals surface area contributed by atoms with Crippen molar-refractivity contribution in [2.45, 2.75) is 36.5 Å². The predicted molar refractivity (Wildman–Crippen MR) is 148 cm³/mol. The molecule has 0 bridgehead atoms. The van der Waals surface area contributed by atoms with Gasteiger partial charge in [-0.15, -0.1) is 0 Å². The highest BCUT2D eigenvalue weighted by Crippen LogP contribution is 2.38. The largest absolute Gasteiger partial charge is 0.405 e. The molecule has 12 nitrogen and oxygen atoms in total. The first-order valence-electron chi connectivity index (χ1n) is 12.9. The highest BCUT2D eigenvalue weighted by atomic mass is 19.4. The summed E-state index contributed by atoms with van der Waals surface area (Å²) in [5, 5.41) is 18.0. The molecule has 218 valence electrons. The van der Waals surface area contributed by atoms with Gasteiger partial charge in [0.1, 0.15) is 12.1 Å². The van der Waals surface area contributed by atoms with E-state index in [9.17, 15) is 28.0 Å². The quantitative estimate of drug-likeness (QED) is 0.295. The summed E-state index contributed by atoms with van der Waals surface area (Å²) in [5.41, 5.74) is 13.5. The Bertz CT molecular complexity index is 1630. The van der Waals surface area contributed by atoms with Crippen LogP contribution >= 0.6 is 0 Å². The molecule has 3 aromatic rings. The summed E-state index contributed by atoms with van der Waals surface area (Å²) in [6.07, 6.45) is 2.98. The molecule has 6 N–H and O–H groups in total. The molecule has 3 amide bonds. The van der Waals surface area contributed by atoms with Crippen LogP contribution in [0.25, 0.3) is 22.5 Å². The summed E-state index contributed by atoms with van der Waals surface area (Å²) in [7, 11) is 0. The van der Waals surface area contributed by atoms with Crippen molar-refractivity contribution >= 4 is 35.1 Å². The Morgan fingerprint density at radius 3 is 2.64 bits per heavy atom. The van der Waals surface area contributed by atoms with Crippen LogP contribution in [0.3, 0.4) is 0 Å². The topological polar surface area (TPSA) is 180 Å². The molecular weight excluding hydrogens is 553 g/mol. The fraction of sp³-hybridized carbons (Fsp3) is 0.333. The van der Waals surface area contributed by atoms with Crippen molar-refractivity contribution < 1.29 is 22.8 Å². The number of allylic oxidation sites excluding steroid dienone is 1. The first-order chi connectivity index (χ1) is 19.9. The maximum Gasteiger partial charge on any atom is 0.405 e. The smallest absolute Gasteiger partial charge is 0.404 e. The molecule has 0 unspecified atom stereocenters. The van der Waals surface area contributed by atoms with E-state index in [1.165, 1.54) is 6.20 Å². The van der Waals surface area contributed by atoms with E-state index in [-0.39, 0.29) is 18.0 Å². The number of carbonyl (C=O) groups is 2. The van der Waals surface area contributed by atoms with Gasteiger partial charge in [0, 0.05) is 47.9 Å². The highest BCUT2D eigenvalue weighted by Gasteiger charge is 2.54. The molecule has 2 aromatic heterocycles. The van der Waals surface area contributed by atoms with Crippen molar-refractivity contribution in [2.24, 2.45) is 16.5 Å². The van der Waals surface area contributed by atoms with Crippen LogP contribution in [-0.4, -0.2) is 74.5 Å². The number of hydrogen-bond donors (Lipinski definition) is 4. The molecule has 1 saturated carbocycles. The minimum Gasteiger partial charge on any atom is -0.404 e. The van der Waals surface area contributed by atoms with E-state index in [4.69, 9.17) is 11.5 Å². The molecular formula is C27H27F3N10O2. The second-order valence-electron chi connectivity index (χ2n) is 10.4. The van der Waals surface area contributed by atoms with Gasteiger partial charge in [-0.25, -0.2) is 14.3 Å². The Morgan fingerprint density at radius 2 is 1.98 bits per heavy atom. The molecule has 42 heavy (non-hydrogen) atoms. The lowest BCUT2D eigenvalue weighted by Crippen LogP contribution is -2.65. The Hall–Kier alpha value is -4.97. The lowest BCUT2D eigenvalue weighted by atomic mass is 9.86. The van der Waals surface area contributed by atoms with Gasteiger partial charge in [0.2, 0.25) is 5.91 Å². The number of nitriles is 1. The van der Waals surface area contributed by atoms with Crippen LogP contribution < -0.4 is 22.1 Å². The Labute approximate surface area is 237 Å². The first-order valence-corrected chi connectivity index (χ1v) is 12.9. The molecule has 1 aliphatic carbocycles. The lowest BCUT2D eigenvalue weighted by Gasteiger charge is -2.47. The van der Waals surface area contributed by atoms with E-state index in [0.29, 0.717) is 54.0 Å². The van der Waals surface area contributed by atoms with Crippen LogP contribution in [0.2, 0.25) is 0 Å². The van der Waals surface area contributed by atoms with E-state index in [2.05, 4.69) is 26.5 Å². The fourth-order valence-corrected chi connectivity index (χ4v) is 4.62. The number of amides is 3. The molecule has 2 aliphatic rings. The van der Waals surface area contributed by atoms with Crippen molar-refractivity contribution in [3.63, 3.8) is 0 Å². The summed E-state index contributed by atoms with van der Waals surface area (Å²) in [5.74, 6) is -0.114. The minimum atomic E-state index is -4.52. The fourth-order valence-electron chi connectivity index (χ4n) is 4.62. The summed E-state index contributed by atoms with van der Waals surface area (Å²) in [6.45, 7) is -0.856. The van der Waals surface area contributed by atoms with Crippen LogP contribution in [0, 0.1) is 11.3 Å². The van der Waals surface area contributed by atoms with Gasteiger partial charge in [0.05, 0.1) is 36.1 Å².